The molecule has 0 aromatic carbocycles. The van der Waals surface area contributed by atoms with Gasteiger partial charge < -0.3 is 9.15 Å². The van der Waals surface area contributed by atoms with Gasteiger partial charge in [-0.3, -0.25) is 9.36 Å². The first-order valence-corrected chi connectivity index (χ1v) is 7.46. The maximum atomic E-state index is 12.6. The van der Waals surface area contributed by atoms with Crippen molar-refractivity contribution in [2.24, 2.45) is 0 Å². The van der Waals surface area contributed by atoms with Crippen LogP contribution in [-0.4, -0.2) is 22.6 Å². The van der Waals surface area contributed by atoms with Crippen LogP contribution >= 0.6 is 11.3 Å². The molecule has 0 aliphatic carbocycles. The van der Waals surface area contributed by atoms with Crippen molar-refractivity contribution >= 4 is 27.5 Å². The summed E-state index contributed by atoms with van der Waals surface area (Å²) >= 11 is 1.50. The lowest BCUT2D eigenvalue weighted by atomic mass is 10.3. The van der Waals surface area contributed by atoms with E-state index in [0.29, 0.717) is 17.0 Å². The van der Waals surface area contributed by atoms with E-state index in [2.05, 4.69) is 9.72 Å². The zero-order chi connectivity index (χ0) is 15.9. The minimum Gasteiger partial charge on any atom is -0.463 e. The summed E-state index contributed by atoms with van der Waals surface area (Å²) in [6, 6.07) is 5.02. The summed E-state index contributed by atoms with van der Waals surface area (Å²) in [5, 5.41) is 0.604. The van der Waals surface area contributed by atoms with E-state index < -0.39 is 5.97 Å². The van der Waals surface area contributed by atoms with E-state index in [4.69, 9.17) is 4.42 Å². The molecule has 114 valence electrons. The molecule has 0 fully saturated rings. The van der Waals surface area contributed by atoms with E-state index in [1.807, 2.05) is 13.0 Å². The summed E-state index contributed by atoms with van der Waals surface area (Å²) in [5.41, 5.74) is -0.108. The standard InChI is InChI=1S/C15H14N2O4S/c1-8-6-11-13(22-8)16-9(2)17(14(11)18)7-10-4-5-12(21-10)15(19)20-3/h4-6H,7H2,1-3H3. The monoisotopic (exact) mass is 318 g/mol. The number of esters is 1. The topological polar surface area (TPSA) is 74.3 Å². The molecule has 3 aromatic rings. The van der Waals surface area contributed by atoms with Crippen LogP contribution in [-0.2, 0) is 11.3 Å². The van der Waals surface area contributed by atoms with Gasteiger partial charge in [0.1, 0.15) is 16.4 Å². The van der Waals surface area contributed by atoms with E-state index in [1.165, 1.54) is 29.1 Å². The Bertz CT molecular complexity index is 919. The number of nitrogens with zero attached hydrogens (tertiary/aromatic N) is 2. The number of rotatable bonds is 3. The third-order valence-corrected chi connectivity index (χ3v) is 4.27. The Morgan fingerprint density at radius 3 is 2.91 bits per heavy atom. The molecule has 0 spiro atoms. The number of hydrogen-bond donors (Lipinski definition) is 0. The predicted molar refractivity (Wildman–Crippen MR) is 82.5 cm³/mol. The number of carbonyl (C=O) groups is 1. The van der Waals surface area contributed by atoms with Crippen LogP contribution in [0.4, 0.5) is 0 Å². The van der Waals surface area contributed by atoms with Crippen molar-refractivity contribution in [1.29, 1.82) is 0 Å². The zero-order valence-electron chi connectivity index (χ0n) is 12.4. The van der Waals surface area contributed by atoms with Crippen LogP contribution in [0.3, 0.4) is 0 Å². The molecule has 0 unspecified atom stereocenters. The van der Waals surface area contributed by atoms with E-state index in [1.54, 1.807) is 13.0 Å². The van der Waals surface area contributed by atoms with E-state index in [9.17, 15) is 9.59 Å². The minimum absolute atomic E-state index is 0.108. The van der Waals surface area contributed by atoms with Gasteiger partial charge in [0.2, 0.25) is 5.76 Å². The molecule has 6 nitrogen and oxygen atoms in total. The van der Waals surface area contributed by atoms with Crippen LogP contribution in [0.5, 0.6) is 0 Å². The van der Waals surface area contributed by atoms with Gasteiger partial charge in [0.15, 0.2) is 0 Å². The molecule has 0 saturated carbocycles. The Kier molecular flexibility index (Phi) is 3.58. The summed E-state index contributed by atoms with van der Waals surface area (Å²) in [6.45, 7) is 3.94. The van der Waals surface area contributed by atoms with Gasteiger partial charge >= 0.3 is 5.97 Å². The molecule has 7 heteroatoms. The molecule has 0 atom stereocenters. The number of fused-ring (bicyclic) bond motifs is 1. The first-order valence-electron chi connectivity index (χ1n) is 6.64. The smallest absolute Gasteiger partial charge is 0.373 e. The van der Waals surface area contributed by atoms with Crippen molar-refractivity contribution in [2.75, 3.05) is 7.11 Å². The lowest BCUT2D eigenvalue weighted by Crippen LogP contribution is -2.23. The van der Waals surface area contributed by atoms with Gasteiger partial charge in [-0.2, -0.15) is 0 Å². The van der Waals surface area contributed by atoms with Crippen LogP contribution in [0.15, 0.2) is 27.4 Å². The van der Waals surface area contributed by atoms with Crippen molar-refractivity contribution in [1.82, 2.24) is 9.55 Å². The quantitative estimate of drug-likeness (QED) is 0.694. The number of hydrogen-bond acceptors (Lipinski definition) is 6. The Balaban J connectivity index is 2.02. The lowest BCUT2D eigenvalue weighted by Gasteiger charge is -2.07. The predicted octanol–water partition coefficient (Wildman–Crippen LogP) is 2.50. The third kappa shape index (κ3) is 2.43. The molecule has 3 heterocycles. The van der Waals surface area contributed by atoms with Crippen LogP contribution in [0.1, 0.15) is 27.0 Å². The molecule has 22 heavy (non-hydrogen) atoms. The Labute approximate surface area is 130 Å². The highest BCUT2D eigenvalue weighted by molar-refractivity contribution is 7.18. The van der Waals surface area contributed by atoms with Crippen molar-refractivity contribution in [3.63, 3.8) is 0 Å². The first-order chi connectivity index (χ1) is 10.5. The van der Waals surface area contributed by atoms with Crippen molar-refractivity contribution < 1.29 is 13.9 Å². The molecule has 0 saturated heterocycles. The molecule has 0 aliphatic rings. The van der Waals surface area contributed by atoms with Crippen LogP contribution < -0.4 is 5.56 Å². The largest absolute Gasteiger partial charge is 0.463 e. The molecule has 0 aliphatic heterocycles. The number of aryl methyl sites for hydroxylation is 2. The zero-order valence-corrected chi connectivity index (χ0v) is 13.2. The molecule has 0 N–H and O–H groups in total. The average molecular weight is 318 g/mol. The summed E-state index contributed by atoms with van der Waals surface area (Å²) in [4.78, 5) is 30.2. The fourth-order valence-electron chi connectivity index (χ4n) is 2.25. The van der Waals surface area contributed by atoms with Gasteiger partial charge in [-0.05, 0) is 32.0 Å². The highest BCUT2D eigenvalue weighted by Crippen LogP contribution is 2.21. The fraction of sp³-hybridized carbons (Fsp3) is 0.267. The average Bonchev–Trinajstić information content (AvgIpc) is 3.09. The highest BCUT2D eigenvalue weighted by atomic mass is 32.1. The van der Waals surface area contributed by atoms with Gasteiger partial charge in [-0.1, -0.05) is 0 Å². The van der Waals surface area contributed by atoms with E-state index in [0.717, 1.165) is 9.71 Å². The van der Waals surface area contributed by atoms with Gasteiger partial charge in [0.05, 0.1) is 19.0 Å². The second kappa shape index (κ2) is 5.42. The number of ether oxygens (including phenoxy) is 1. The van der Waals surface area contributed by atoms with E-state index >= 15 is 0 Å². The minimum atomic E-state index is -0.544. The highest BCUT2D eigenvalue weighted by Gasteiger charge is 2.15. The number of furan rings is 1. The second-order valence-electron chi connectivity index (χ2n) is 4.88. The molecule has 3 aromatic heterocycles. The van der Waals surface area contributed by atoms with Crippen molar-refractivity contribution in [3.05, 3.63) is 50.8 Å². The molecular weight excluding hydrogens is 304 g/mol. The Morgan fingerprint density at radius 2 is 2.18 bits per heavy atom. The summed E-state index contributed by atoms with van der Waals surface area (Å²) < 4.78 is 11.5. The molecular formula is C15H14N2O4S. The number of aromatic nitrogens is 2. The Morgan fingerprint density at radius 1 is 1.41 bits per heavy atom. The van der Waals surface area contributed by atoms with Gasteiger partial charge in [-0.25, -0.2) is 9.78 Å². The maximum absolute atomic E-state index is 12.6. The maximum Gasteiger partial charge on any atom is 0.373 e. The van der Waals surface area contributed by atoms with Crippen molar-refractivity contribution in [3.8, 4) is 0 Å². The number of methoxy groups -OCH3 is 1. The molecule has 0 radical (unpaired) electrons. The number of carbonyl (C=O) groups excluding carboxylic acids is 1. The number of thiophene rings is 1. The van der Waals surface area contributed by atoms with Gasteiger partial charge in [0.25, 0.3) is 5.56 Å². The van der Waals surface area contributed by atoms with Crippen molar-refractivity contribution in [2.45, 2.75) is 20.4 Å². The fourth-order valence-corrected chi connectivity index (χ4v) is 3.17. The van der Waals surface area contributed by atoms with Crippen LogP contribution in [0, 0.1) is 13.8 Å². The summed E-state index contributed by atoms with van der Waals surface area (Å²) in [7, 11) is 1.29. The summed E-state index contributed by atoms with van der Waals surface area (Å²) in [6.07, 6.45) is 0. The molecule has 0 bridgehead atoms. The third-order valence-electron chi connectivity index (χ3n) is 3.33. The lowest BCUT2D eigenvalue weighted by molar-refractivity contribution is 0.0563. The first kappa shape index (κ1) is 14.5. The van der Waals surface area contributed by atoms with E-state index in [-0.39, 0.29) is 17.9 Å². The normalized spacial score (nSPS) is 11.0. The second-order valence-corrected chi connectivity index (χ2v) is 6.12. The Hall–Kier alpha value is -2.41. The van der Waals surface area contributed by atoms with Gasteiger partial charge in [0, 0.05) is 4.88 Å². The van der Waals surface area contributed by atoms with Gasteiger partial charge in [-0.15, -0.1) is 11.3 Å². The molecule has 0 amide bonds. The van der Waals surface area contributed by atoms with Crippen LogP contribution in [0.2, 0.25) is 0 Å². The van der Waals surface area contributed by atoms with Crippen LogP contribution in [0.25, 0.3) is 10.2 Å². The SMILES string of the molecule is COC(=O)c1ccc(Cn2c(C)nc3sc(C)cc3c2=O)o1. The summed E-state index contributed by atoms with van der Waals surface area (Å²) in [5.74, 6) is 0.676. The molecule has 3 rings (SSSR count).